The van der Waals surface area contributed by atoms with Crippen LogP contribution in [0.4, 0.5) is 5.69 Å². The molecule has 2 bridgehead atoms. The lowest BCUT2D eigenvalue weighted by Crippen LogP contribution is -2.40. The minimum atomic E-state index is -0.373. The molecule has 6 heteroatoms. The Morgan fingerprint density at radius 2 is 1.40 bits per heavy atom. The van der Waals surface area contributed by atoms with Crippen molar-refractivity contribution in [2.75, 3.05) is 11.9 Å². The summed E-state index contributed by atoms with van der Waals surface area (Å²) < 4.78 is 5.92. The summed E-state index contributed by atoms with van der Waals surface area (Å²) in [5.41, 5.74) is 1.90. The Bertz CT molecular complexity index is 1190. The molecule has 2 saturated carbocycles. The summed E-state index contributed by atoms with van der Waals surface area (Å²) in [7, 11) is 0. The number of hydrogen-bond acceptors (Lipinski definition) is 4. The number of likely N-dealkylation sites (tertiary alicyclic amines) is 1. The number of carbonyl (C=O) groups is 3. The number of amides is 3. The van der Waals surface area contributed by atoms with Crippen LogP contribution in [0.1, 0.15) is 32.8 Å². The number of anilines is 1. The molecular weight excluding hydrogens is 440 g/mol. The van der Waals surface area contributed by atoms with Crippen molar-refractivity contribution >= 4 is 23.4 Å². The first kappa shape index (κ1) is 22.1. The molecule has 2 aromatic carbocycles. The third-order valence-electron chi connectivity index (χ3n) is 8.15. The van der Waals surface area contributed by atoms with Gasteiger partial charge in [0.2, 0.25) is 17.7 Å². The average molecular weight is 471 g/mol. The minimum Gasteiger partial charge on any atom is -0.457 e. The minimum absolute atomic E-state index is 0.0809. The molecule has 1 aliphatic heterocycles. The Balaban J connectivity index is 1.07. The van der Waals surface area contributed by atoms with Crippen LogP contribution in [-0.2, 0) is 19.8 Å². The Hall–Kier alpha value is -3.41. The molecule has 180 valence electrons. The van der Waals surface area contributed by atoms with E-state index in [0.29, 0.717) is 23.3 Å². The van der Waals surface area contributed by atoms with Crippen molar-refractivity contribution < 1.29 is 19.1 Å². The highest BCUT2D eigenvalue weighted by atomic mass is 16.5. The van der Waals surface area contributed by atoms with Gasteiger partial charge in [-0.05, 0) is 77.5 Å². The van der Waals surface area contributed by atoms with Crippen molar-refractivity contribution in [1.29, 1.82) is 0 Å². The topological polar surface area (TPSA) is 75.7 Å². The smallest absolute Gasteiger partial charge is 0.244 e. The molecule has 6 nitrogen and oxygen atoms in total. The molecule has 1 heterocycles. The van der Waals surface area contributed by atoms with E-state index < -0.39 is 0 Å². The van der Waals surface area contributed by atoms with Gasteiger partial charge < -0.3 is 10.1 Å². The number of hydrogen-bond donors (Lipinski definition) is 1. The highest BCUT2D eigenvalue weighted by molar-refractivity contribution is 6.09. The molecular formula is C29H30N2O4. The zero-order valence-corrected chi connectivity index (χ0v) is 20.2. The summed E-state index contributed by atoms with van der Waals surface area (Å²) in [6.45, 7) is 6.27. The Kier molecular flexibility index (Phi) is 4.92. The molecule has 3 fully saturated rings. The monoisotopic (exact) mass is 470 g/mol. The number of ether oxygens (including phenoxy) is 1. The number of rotatable bonds is 5. The number of benzene rings is 2. The van der Waals surface area contributed by atoms with Gasteiger partial charge in [0.15, 0.2) is 0 Å². The van der Waals surface area contributed by atoms with Crippen molar-refractivity contribution in [3.8, 4) is 11.5 Å². The maximum Gasteiger partial charge on any atom is 0.244 e. The van der Waals surface area contributed by atoms with Crippen molar-refractivity contribution in [3.05, 3.63) is 66.2 Å². The fraction of sp³-hybridized carbons (Fsp3) is 0.414. The molecule has 0 unspecified atom stereocenters. The van der Waals surface area contributed by atoms with E-state index in [4.69, 9.17) is 4.74 Å². The molecule has 6 atom stereocenters. The molecule has 0 spiro atoms. The molecule has 35 heavy (non-hydrogen) atoms. The highest BCUT2D eigenvalue weighted by Gasteiger charge is 2.67. The van der Waals surface area contributed by atoms with Gasteiger partial charge in [0.05, 0.1) is 11.8 Å². The lowest BCUT2D eigenvalue weighted by molar-refractivity contribution is -0.142. The fourth-order valence-electron chi connectivity index (χ4n) is 6.28. The second kappa shape index (κ2) is 7.80. The van der Waals surface area contributed by atoms with E-state index in [1.54, 1.807) is 24.3 Å². The number of imide groups is 1. The maximum absolute atomic E-state index is 13.1. The Morgan fingerprint density at radius 1 is 0.886 bits per heavy atom. The van der Waals surface area contributed by atoms with Gasteiger partial charge in [-0.2, -0.15) is 0 Å². The van der Waals surface area contributed by atoms with E-state index in [1.165, 1.54) is 10.5 Å². The van der Waals surface area contributed by atoms with Crippen LogP contribution in [0, 0.1) is 35.5 Å². The van der Waals surface area contributed by atoms with Gasteiger partial charge in [-0.15, -0.1) is 0 Å². The van der Waals surface area contributed by atoms with Gasteiger partial charge >= 0.3 is 0 Å². The standard InChI is InChI=1S/C29H30N2O4/c1-29(2,3)16-4-8-18(9-5-16)35-19-10-6-17(7-11-19)30-24(32)15-31-27(33)25-20-12-13-21(23-14-22(20)23)26(25)28(31)34/h4-13,20-23,25-26H,14-15H2,1-3H3,(H,30,32)/t20-,21-,22-,23+,25-,26+/m0/s1. The van der Waals surface area contributed by atoms with E-state index in [9.17, 15) is 14.4 Å². The van der Waals surface area contributed by atoms with E-state index >= 15 is 0 Å². The number of nitrogens with zero attached hydrogens (tertiary/aromatic N) is 1. The average Bonchev–Trinajstić information content (AvgIpc) is 3.61. The molecule has 0 radical (unpaired) electrons. The summed E-state index contributed by atoms with van der Waals surface area (Å²) in [6.07, 6.45) is 5.40. The van der Waals surface area contributed by atoms with Crippen LogP contribution in [0.5, 0.6) is 11.5 Å². The van der Waals surface area contributed by atoms with Gasteiger partial charge in [-0.25, -0.2) is 0 Å². The van der Waals surface area contributed by atoms with Crippen LogP contribution in [0.15, 0.2) is 60.7 Å². The molecule has 3 amide bonds. The second-order valence-corrected chi connectivity index (χ2v) is 11.4. The Morgan fingerprint density at radius 3 is 1.91 bits per heavy atom. The molecule has 7 rings (SSSR count). The first-order chi connectivity index (χ1) is 16.7. The summed E-state index contributed by atoms with van der Waals surface area (Å²) >= 11 is 0. The van der Waals surface area contributed by atoms with Crippen molar-refractivity contribution in [1.82, 2.24) is 4.90 Å². The van der Waals surface area contributed by atoms with E-state index in [2.05, 4.69) is 50.4 Å². The Labute approximate surface area is 205 Å². The van der Waals surface area contributed by atoms with Crippen molar-refractivity contribution in [3.63, 3.8) is 0 Å². The lowest BCUT2D eigenvalue weighted by atomic mass is 9.63. The van der Waals surface area contributed by atoms with Crippen molar-refractivity contribution in [2.24, 2.45) is 35.5 Å². The quantitative estimate of drug-likeness (QED) is 0.505. The molecule has 0 aromatic heterocycles. The van der Waals surface area contributed by atoms with Gasteiger partial charge in [0, 0.05) is 5.69 Å². The third-order valence-corrected chi connectivity index (χ3v) is 8.15. The summed E-state index contributed by atoms with van der Waals surface area (Å²) in [6, 6.07) is 15.1. The summed E-state index contributed by atoms with van der Waals surface area (Å²) in [5.74, 6) is 1.54. The van der Waals surface area contributed by atoms with Crippen molar-refractivity contribution in [2.45, 2.75) is 32.6 Å². The fourth-order valence-corrected chi connectivity index (χ4v) is 6.28. The first-order valence-corrected chi connectivity index (χ1v) is 12.4. The normalized spacial score (nSPS) is 30.2. The second-order valence-electron chi connectivity index (χ2n) is 11.4. The van der Waals surface area contributed by atoms with Crippen LogP contribution in [-0.4, -0.2) is 29.2 Å². The largest absolute Gasteiger partial charge is 0.457 e. The number of nitrogens with one attached hydrogen (secondary N) is 1. The maximum atomic E-state index is 13.1. The van der Waals surface area contributed by atoms with Gasteiger partial charge in [-0.1, -0.05) is 45.1 Å². The van der Waals surface area contributed by atoms with Crippen LogP contribution in [0.3, 0.4) is 0 Å². The number of allylic oxidation sites excluding steroid dienone is 2. The van der Waals surface area contributed by atoms with Crippen LogP contribution in [0.25, 0.3) is 0 Å². The van der Waals surface area contributed by atoms with Gasteiger partial charge in [0.1, 0.15) is 18.0 Å². The summed E-state index contributed by atoms with van der Waals surface area (Å²) in [5, 5.41) is 2.81. The van der Waals surface area contributed by atoms with E-state index in [1.807, 2.05) is 12.1 Å². The van der Waals surface area contributed by atoms with Gasteiger partial charge in [0.25, 0.3) is 0 Å². The van der Waals surface area contributed by atoms with E-state index in [-0.39, 0.29) is 53.4 Å². The molecule has 1 N–H and O–H groups in total. The third kappa shape index (κ3) is 3.76. The molecule has 2 aromatic rings. The lowest BCUT2D eigenvalue weighted by Gasteiger charge is -2.37. The zero-order chi connectivity index (χ0) is 24.5. The predicted octanol–water partition coefficient (Wildman–Crippen LogP) is 4.77. The highest BCUT2D eigenvalue weighted by Crippen LogP contribution is 2.65. The van der Waals surface area contributed by atoms with Crippen LogP contribution >= 0.6 is 0 Å². The first-order valence-electron chi connectivity index (χ1n) is 12.4. The summed E-state index contributed by atoms with van der Waals surface area (Å²) in [4.78, 5) is 40.0. The molecule has 4 aliphatic carbocycles. The van der Waals surface area contributed by atoms with Gasteiger partial charge in [-0.3, -0.25) is 19.3 Å². The predicted molar refractivity (Wildman–Crippen MR) is 132 cm³/mol. The molecule has 5 aliphatic rings. The van der Waals surface area contributed by atoms with Crippen LogP contribution in [0.2, 0.25) is 0 Å². The zero-order valence-electron chi connectivity index (χ0n) is 20.2. The van der Waals surface area contributed by atoms with E-state index in [0.717, 1.165) is 12.2 Å². The van der Waals surface area contributed by atoms with Crippen LogP contribution < -0.4 is 10.1 Å². The SMILES string of the molecule is CC(C)(C)c1ccc(Oc2ccc(NC(=O)CN3C(=O)[C@@H]4[C@H]5C=C[C@@H]([C@@H]6C[C@H]56)[C@@H]4C3=O)cc2)cc1. The number of carbonyl (C=O) groups excluding carboxylic acids is 3. The molecule has 1 saturated heterocycles.